The summed E-state index contributed by atoms with van der Waals surface area (Å²) < 4.78 is 6.07. The van der Waals surface area contributed by atoms with Gasteiger partial charge in [0.1, 0.15) is 0 Å². The highest BCUT2D eigenvalue weighted by Gasteiger charge is 2.38. The topological polar surface area (TPSA) is 24.5 Å². The molecule has 0 amide bonds. The van der Waals surface area contributed by atoms with E-state index in [4.69, 9.17) is 4.74 Å². The van der Waals surface area contributed by atoms with E-state index in [0.29, 0.717) is 6.04 Å². The van der Waals surface area contributed by atoms with Gasteiger partial charge in [0.05, 0.1) is 11.2 Å². The summed E-state index contributed by atoms with van der Waals surface area (Å²) >= 11 is 0. The quantitative estimate of drug-likeness (QED) is 0.795. The van der Waals surface area contributed by atoms with Crippen LogP contribution in [0.4, 0.5) is 0 Å². The third-order valence-corrected chi connectivity index (χ3v) is 2.85. The first-order valence-electron chi connectivity index (χ1n) is 6.40. The normalized spacial score (nSPS) is 26.6. The van der Waals surface area contributed by atoms with Crippen molar-refractivity contribution in [2.45, 2.75) is 58.8 Å². The molecule has 1 unspecified atom stereocenters. The minimum Gasteiger partial charge on any atom is -0.367 e. The maximum absolute atomic E-state index is 6.07. The third kappa shape index (κ3) is 4.40. The molecule has 3 nitrogen and oxygen atoms in total. The monoisotopic (exact) mass is 228 g/mol. The first-order chi connectivity index (χ1) is 7.24. The minimum absolute atomic E-state index is 0.0340. The van der Waals surface area contributed by atoms with Crippen LogP contribution in [-0.2, 0) is 4.74 Å². The van der Waals surface area contributed by atoms with Gasteiger partial charge in [-0.1, -0.05) is 6.92 Å². The highest BCUT2D eigenvalue weighted by molar-refractivity contribution is 4.90. The lowest BCUT2D eigenvalue weighted by Gasteiger charge is -2.47. The second-order valence-corrected chi connectivity index (χ2v) is 6.25. The minimum atomic E-state index is -0.0340. The number of likely N-dealkylation sites (N-methyl/N-ethyl adjacent to an activating group) is 1. The molecule has 0 aliphatic carbocycles. The highest BCUT2D eigenvalue weighted by Crippen LogP contribution is 2.27. The largest absolute Gasteiger partial charge is 0.367 e. The number of hydrogen-bond acceptors (Lipinski definition) is 3. The van der Waals surface area contributed by atoms with E-state index in [2.05, 4.69) is 51.8 Å². The summed E-state index contributed by atoms with van der Waals surface area (Å²) in [6.07, 6.45) is 0. The standard InChI is InChI=1S/C13H28N2O/c1-7-14-11(2)8-15-9-12(3,4)16-13(5,6)10-15/h11,14H,7-10H2,1-6H3. The molecule has 0 aromatic carbocycles. The van der Waals surface area contributed by atoms with E-state index in [0.717, 1.165) is 26.2 Å². The summed E-state index contributed by atoms with van der Waals surface area (Å²) in [6.45, 7) is 17.3. The van der Waals surface area contributed by atoms with Crippen LogP contribution in [0.3, 0.4) is 0 Å². The summed E-state index contributed by atoms with van der Waals surface area (Å²) in [6, 6.07) is 0.551. The van der Waals surface area contributed by atoms with Crippen LogP contribution in [-0.4, -0.2) is 48.3 Å². The fraction of sp³-hybridized carbons (Fsp3) is 1.00. The zero-order valence-corrected chi connectivity index (χ0v) is 11.8. The SMILES string of the molecule is CCNC(C)CN1CC(C)(C)OC(C)(C)C1. The Morgan fingerprint density at radius 1 is 1.19 bits per heavy atom. The Bertz CT molecular complexity index is 210. The van der Waals surface area contributed by atoms with Crippen LogP contribution in [0.25, 0.3) is 0 Å². The van der Waals surface area contributed by atoms with E-state index in [-0.39, 0.29) is 11.2 Å². The summed E-state index contributed by atoms with van der Waals surface area (Å²) in [7, 11) is 0. The second-order valence-electron chi connectivity index (χ2n) is 6.25. The Morgan fingerprint density at radius 2 is 1.69 bits per heavy atom. The predicted octanol–water partition coefficient (Wildman–Crippen LogP) is 1.87. The third-order valence-electron chi connectivity index (χ3n) is 2.85. The molecular weight excluding hydrogens is 200 g/mol. The lowest BCUT2D eigenvalue weighted by atomic mass is 9.98. The molecule has 1 saturated heterocycles. The van der Waals surface area contributed by atoms with Crippen molar-refractivity contribution in [3.8, 4) is 0 Å². The van der Waals surface area contributed by atoms with Crippen molar-refractivity contribution >= 4 is 0 Å². The van der Waals surface area contributed by atoms with Crippen LogP contribution in [0.1, 0.15) is 41.5 Å². The predicted molar refractivity (Wildman–Crippen MR) is 68.8 cm³/mol. The van der Waals surface area contributed by atoms with Gasteiger partial charge in [-0.05, 0) is 41.2 Å². The summed E-state index contributed by atoms with van der Waals surface area (Å²) in [4.78, 5) is 2.51. The molecule has 3 heteroatoms. The molecule has 1 fully saturated rings. The Balaban J connectivity index is 2.54. The Labute approximate surface area is 101 Å². The summed E-state index contributed by atoms with van der Waals surface area (Å²) in [5.74, 6) is 0. The van der Waals surface area contributed by atoms with Crippen molar-refractivity contribution in [2.24, 2.45) is 0 Å². The van der Waals surface area contributed by atoms with E-state index in [9.17, 15) is 0 Å². The van der Waals surface area contributed by atoms with Crippen molar-refractivity contribution in [3.05, 3.63) is 0 Å². The molecule has 0 aromatic heterocycles. The average molecular weight is 228 g/mol. The van der Waals surface area contributed by atoms with Gasteiger partial charge in [0.25, 0.3) is 0 Å². The van der Waals surface area contributed by atoms with Crippen LogP contribution in [0.2, 0.25) is 0 Å². The highest BCUT2D eigenvalue weighted by atomic mass is 16.5. The fourth-order valence-corrected chi connectivity index (χ4v) is 2.87. The van der Waals surface area contributed by atoms with Crippen molar-refractivity contribution < 1.29 is 4.74 Å². The summed E-state index contributed by atoms with van der Waals surface area (Å²) in [5, 5.41) is 3.46. The lowest BCUT2D eigenvalue weighted by Crippen LogP contribution is -2.59. The molecule has 1 atom stereocenters. The van der Waals surface area contributed by atoms with Gasteiger partial charge in [0.2, 0.25) is 0 Å². The number of ether oxygens (including phenoxy) is 1. The number of rotatable bonds is 4. The van der Waals surface area contributed by atoms with Gasteiger partial charge in [0, 0.05) is 25.7 Å². The molecule has 0 saturated carbocycles. The van der Waals surface area contributed by atoms with Crippen LogP contribution < -0.4 is 5.32 Å². The molecule has 1 rings (SSSR count). The van der Waals surface area contributed by atoms with Crippen LogP contribution in [0.5, 0.6) is 0 Å². The lowest BCUT2D eigenvalue weighted by molar-refractivity contribution is -0.181. The molecule has 16 heavy (non-hydrogen) atoms. The van der Waals surface area contributed by atoms with E-state index < -0.39 is 0 Å². The average Bonchev–Trinajstić information content (AvgIpc) is 1.96. The fourth-order valence-electron chi connectivity index (χ4n) is 2.87. The molecule has 1 aliphatic rings. The van der Waals surface area contributed by atoms with Gasteiger partial charge < -0.3 is 10.1 Å². The van der Waals surface area contributed by atoms with E-state index in [1.807, 2.05) is 0 Å². The molecule has 1 aliphatic heterocycles. The molecular formula is C13H28N2O. The van der Waals surface area contributed by atoms with Crippen LogP contribution >= 0.6 is 0 Å². The number of nitrogens with one attached hydrogen (secondary N) is 1. The Morgan fingerprint density at radius 3 is 2.12 bits per heavy atom. The van der Waals surface area contributed by atoms with Gasteiger partial charge in [0.15, 0.2) is 0 Å². The van der Waals surface area contributed by atoms with Gasteiger partial charge in [-0.2, -0.15) is 0 Å². The molecule has 1 N–H and O–H groups in total. The molecule has 0 bridgehead atoms. The van der Waals surface area contributed by atoms with Gasteiger partial charge in [-0.25, -0.2) is 0 Å². The zero-order chi connectivity index (χ0) is 12.4. The van der Waals surface area contributed by atoms with Crippen molar-refractivity contribution in [3.63, 3.8) is 0 Å². The van der Waals surface area contributed by atoms with Crippen molar-refractivity contribution in [2.75, 3.05) is 26.2 Å². The van der Waals surface area contributed by atoms with Crippen LogP contribution in [0, 0.1) is 0 Å². The first kappa shape index (κ1) is 13.9. The zero-order valence-electron chi connectivity index (χ0n) is 11.8. The number of morpholine rings is 1. The smallest absolute Gasteiger partial charge is 0.0760 e. The van der Waals surface area contributed by atoms with E-state index in [1.54, 1.807) is 0 Å². The van der Waals surface area contributed by atoms with Crippen molar-refractivity contribution in [1.82, 2.24) is 10.2 Å². The molecule has 0 spiro atoms. The maximum Gasteiger partial charge on any atom is 0.0760 e. The van der Waals surface area contributed by atoms with Crippen molar-refractivity contribution in [1.29, 1.82) is 0 Å². The summed E-state index contributed by atoms with van der Waals surface area (Å²) in [5.41, 5.74) is -0.0681. The van der Waals surface area contributed by atoms with E-state index in [1.165, 1.54) is 0 Å². The number of hydrogen-bond donors (Lipinski definition) is 1. The Hall–Kier alpha value is -0.120. The van der Waals surface area contributed by atoms with Gasteiger partial charge in [-0.3, -0.25) is 4.90 Å². The Kier molecular flexibility index (Phi) is 4.38. The molecule has 96 valence electrons. The van der Waals surface area contributed by atoms with E-state index >= 15 is 0 Å². The molecule has 1 heterocycles. The maximum atomic E-state index is 6.07. The number of nitrogens with zero attached hydrogens (tertiary/aromatic N) is 1. The molecule has 0 radical (unpaired) electrons. The van der Waals surface area contributed by atoms with Crippen LogP contribution in [0.15, 0.2) is 0 Å². The van der Waals surface area contributed by atoms with Gasteiger partial charge in [-0.15, -0.1) is 0 Å². The second kappa shape index (κ2) is 5.03. The van der Waals surface area contributed by atoms with Gasteiger partial charge >= 0.3 is 0 Å². The molecule has 0 aromatic rings. The first-order valence-corrected chi connectivity index (χ1v) is 6.40.